The molecule has 0 radical (unpaired) electrons. The van der Waals surface area contributed by atoms with E-state index in [1.54, 1.807) is 18.2 Å². The van der Waals surface area contributed by atoms with Gasteiger partial charge in [-0.15, -0.1) is 0 Å². The number of anilines is 1. The molecular formula is C15H22N3O3+. The molecule has 21 heavy (non-hydrogen) atoms. The molecule has 2 N–H and O–H groups in total. The number of carbonyl (C=O) groups is 1. The highest BCUT2D eigenvalue weighted by atomic mass is 16.8. The molecule has 0 aliphatic heterocycles. The molecule has 6 nitrogen and oxygen atoms in total. The number of nitrogens with one attached hydrogen (secondary N) is 2. The Kier molecular flexibility index (Phi) is 4.16. The molecule has 0 spiro atoms. The fourth-order valence-corrected chi connectivity index (χ4v) is 1.97. The van der Waals surface area contributed by atoms with Crippen molar-refractivity contribution in [1.82, 2.24) is 5.32 Å². The number of para-hydroxylation sites is 1. The molecule has 0 bridgehead atoms. The Labute approximate surface area is 124 Å². The maximum absolute atomic E-state index is 12.4. The average Bonchev–Trinajstić information content (AvgIpc) is 3.20. The van der Waals surface area contributed by atoms with Crippen molar-refractivity contribution in [3.63, 3.8) is 0 Å². The summed E-state index contributed by atoms with van der Waals surface area (Å²) in [5.74, 6) is -0.211. The predicted octanol–water partition coefficient (Wildman–Crippen LogP) is 2.76. The third-order valence-electron chi connectivity index (χ3n) is 3.06. The second-order valence-corrected chi connectivity index (χ2v) is 6.26. The van der Waals surface area contributed by atoms with Gasteiger partial charge in [-0.05, 0) is 39.7 Å². The van der Waals surface area contributed by atoms with Crippen LogP contribution >= 0.6 is 0 Å². The van der Waals surface area contributed by atoms with Crippen molar-refractivity contribution in [2.45, 2.75) is 45.2 Å². The lowest BCUT2D eigenvalue weighted by atomic mass is 10.1. The molecule has 1 aliphatic rings. The summed E-state index contributed by atoms with van der Waals surface area (Å²) in [6.45, 7) is 5.74. The second-order valence-electron chi connectivity index (χ2n) is 6.26. The Balaban J connectivity index is 2.38. The predicted molar refractivity (Wildman–Crippen MR) is 80.6 cm³/mol. The lowest BCUT2D eigenvalue weighted by Gasteiger charge is -2.21. The van der Waals surface area contributed by atoms with E-state index < -0.39 is 0 Å². The van der Waals surface area contributed by atoms with Crippen molar-refractivity contribution in [3.05, 3.63) is 28.7 Å². The molecule has 1 aromatic carbocycles. The molecule has 1 aliphatic carbocycles. The van der Waals surface area contributed by atoms with E-state index in [0.29, 0.717) is 27.9 Å². The molecule has 6 heteroatoms. The molecular weight excluding hydrogens is 270 g/mol. The van der Waals surface area contributed by atoms with Gasteiger partial charge in [0.05, 0.1) is 10.5 Å². The molecule has 1 aromatic rings. The maximum Gasteiger partial charge on any atom is 0.340 e. The van der Waals surface area contributed by atoms with Crippen molar-refractivity contribution in [1.29, 1.82) is 0 Å². The summed E-state index contributed by atoms with van der Waals surface area (Å²) in [5, 5.41) is 6.17. The third kappa shape index (κ3) is 3.93. The van der Waals surface area contributed by atoms with Crippen LogP contribution in [-0.2, 0) is 4.84 Å². The number of carbonyl (C=O) groups excluding carboxylic acids is 1. The SMILES string of the molecule is CO[N+](=O)c1cccc(C(=O)NC(C)(C)C)c1NC1CC1. The van der Waals surface area contributed by atoms with Crippen LogP contribution in [0, 0.1) is 4.91 Å². The van der Waals surface area contributed by atoms with Crippen LogP contribution in [0.25, 0.3) is 0 Å². The highest BCUT2D eigenvalue weighted by molar-refractivity contribution is 6.02. The van der Waals surface area contributed by atoms with E-state index in [1.807, 2.05) is 20.8 Å². The van der Waals surface area contributed by atoms with Gasteiger partial charge >= 0.3 is 5.69 Å². The van der Waals surface area contributed by atoms with E-state index >= 15 is 0 Å². The maximum atomic E-state index is 12.4. The Morgan fingerprint density at radius 2 is 2.00 bits per heavy atom. The van der Waals surface area contributed by atoms with Gasteiger partial charge in [0.2, 0.25) is 0 Å². The van der Waals surface area contributed by atoms with Crippen LogP contribution in [0.1, 0.15) is 44.0 Å². The zero-order chi connectivity index (χ0) is 15.6. The number of hydrogen-bond acceptors (Lipinski definition) is 4. The van der Waals surface area contributed by atoms with Crippen molar-refractivity contribution < 1.29 is 14.6 Å². The summed E-state index contributed by atoms with van der Waals surface area (Å²) in [6.07, 6.45) is 2.08. The van der Waals surface area contributed by atoms with E-state index in [9.17, 15) is 9.70 Å². The van der Waals surface area contributed by atoms with Gasteiger partial charge in [-0.25, -0.2) is 4.84 Å². The summed E-state index contributed by atoms with van der Waals surface area (Å²) < 4.78 is 0. The van der Waals surface area contributed by atoms with Gasteiger partial charge in [-0.1, -0.05) is 6.07 Å². The molecule has 2 rings (SSSR count). The second kappa shape index (κ2) is 5.71. The molecule has 114 valence electrons. The van der Waals surface area contributed by atoms with Crippen LogP contribution in [0.5, 0.6) is 0 Å². The lowest BCUT2D eigenvalue weighted by Crippen LogP contribution is -2.40. The quantitative estimate of drug-likeness (QED) is 0.819. The number of hydrogen-bond donors (Lipinski definition) is 2. The Hall–Kier alpha value is -2.11. The molecule has 0 aromatic heterocycles. The molecule has 0 atom stereocenters. The number of nitrogens with zero attached hydrogens (tertiary/aromatic N) is 1. The minimum atomic E-state index is -0.345. The first-order chi connectivity index (χ1) is 9.81. The standard InChI is InChI=1S/C15H21N3O3/c1-15(2,3)17-14(19)11-6-5-7-12(18(20)21-4)13(11)16-10-8-9-10/h5-7,10H,8-9H2,1-4H3,(H-,16,17,19,20)/p+1. The van der Waals surface area contributed by atoms with E-state index in [2.05, 4.69) is 10.6 Å². The van der Waals surface area contributed by atoms with E-state index in [1.165, 1.54) is 7.11 Å². The van der Waals surface area contributed by atoms with Gasteiger partial charge in [0.15, 0.2) is 7.11 Å². The largest absolute Gasteiger partial charge is 0.376 e. The summed E-state index contributed by atoms with van der Waals surface area (Å²) in [6, 6.07) is 5.33. The van der Waals surface area contributed by atoms with Gasteiger partial charge in [0, 0.05) is 17.6 Å². The van der Waals surface area contributed by atoms with E-state index in [0.717, 1.165) is 12.8 Å². The summed E-state index contributed by atoms with van der Waals surface area (Å²) in [4.78, 5) is 29.4. The average molecular weight is 292 g/mol. The fraction of sp³-hybridized carbons (Fsp3) is 0.533. The first-order valence-corrected chi connectivity index (χ1v) is 7.05. The van der Waals surface area contributed by atoms with Crippen molar-refractivity contribution >= 4 is 17.3 Å². The van der Waals surface area contributed by atoms with Gasteiger partial charge in [-0.3, -0.25) is 4.79 Å². The van der Waals surface area contributed by atoms with Crippen molar-refractivity contribution in [3.8, 4) is 0 Å². The summed E-state index contributed by atoms with van der Waals surface area (Å²) in [7, 11) is 1.30. The molecule has 1 fully saturated rings. The number of amides is 1. The van der Waals surface area contributed by atoms with Crippen molar-refractivity contribution in [2.24, 2.45) is 0 Å². The smallest absolute Gasteiger partial charge is 0.340 e. The van der Waals surface area contributed by atoms with Crippen molar-refractivity contribution in [2.75, 3.05) is 12.4 Å². The first-order valence-electron chi connectivity index (χ1n) is 7.05. The molecule has 0 saturated heterocycles. The van der Waals surface area contributed by atoms with Crippen LogP contribution in [-0.4, -0.2) is 29.5 Å². The van der Waals surface area contributed by atoms with Crippen LogP contribution in [0.3, 0.4) is 0 Å². The van der Waals surface area contributed by atoms with Gasteiger partial charge < -0.3 is 10.6 Å². The van der Waals surface area contributed by atoms with Crippen LogP contribution in [0.2, 0.25) is 0 Å². The van der Waals surface area contributed by atoms with E-state index in [-0.39, 0.29) is 11.4 Å². The fourth-order valence-electron chi connectivity index (χ4n) is 1.97. The van der Waals surface area contributed by atoms with E-state index in [4.69, 9.17) is 4.84 Å². The molecule has 1 saturated carbocycles. The zero-order valence-corrected chi connectivity index (χ0v) is 12.9. The Morgan fingerprint density at radius 3 is 2.52 bits per heavy atom. The van der Waals surface area contributed by atoms with Crippen LogP contribution in [0.15, 0.2) is 18.2 Å². The van der Waals surface area contributed by atoms with Gasteiger partial charge in [0.1, 0.15) is 5.69 Å². The van der Waals surface area contributed by atoms with Crippen LogP contribution in [0.4, 0.5) is 11.4 Å². The normalized spacial score (nSPS) is 14.5. The highest BCUT2D eigenvalue weighted by Gasteiger charge is 2.31. The lowest BCUT2D eigenvalue weighted by molar-refractivity contribution is -0.736. The number of benzene rings is 1. The number of rotatable bonds is 5. The topological polar surface area (TPSA) is 70.4 Å². The monoisotopic (exact) mass is 292 g/mol. The first kappa shape index (κ1) is 15.3. The van der Waals surface area contributed by atoms with Gasteiger partial charge in [0.25, 0.3) is 10.8 Å². The Morgan fingerprint density at radius 1 is 1.33 bits per heavy atom. The van der Waals surface area contributed by atoms with Crippen LogP contribution < -0.4 is 10.6 Å². The Bertz CT molecular complexity index is 560. The molecule has 0 heterocycles. The zero-order valence-electron chi connectivity index (χ0n) is 12.9. The minimum absolute atomic E-state index is 0.211. The highest BCUT2D eigenvalue weighted by Crippen LogP contribution is 2.34. The summed E-state index contributed by atoms with van der Waals surface area (Å²) >= 11 is 0. The van der Waals surface area contributed by atoms with Gasteiger partial charge in [-0.2, -0.15) is 0 Å². The minimum Gasteiger partial charge on any atom is -0.376 e. The summed E-state index contributed by atoms with van der Waals surface area (Å²) in [5.41, 5.74) is 0.944. The molecule has 0 unspecified atom stereocenters. The molecule has 1 amide bonds. The third-order valence-corrected chi connectivity index (χ3v) is 3.06.